The number of fused-ring (bicyclic) bond motifs is 1. The summed E-state index contributed by atoms with van der Waals surface area (Å²) >= 11 is 0. The van der Waals surface area contributed by atoms with Crippen LogP contribution in [0.25, 0.3) is 11.0 Å². The summed E-state index contributed by atoms with van der Waals surface area (Å²) in [4.78, 5) is 31.0. The number of benzene rings is 1. The summed E-state index contributed by atoms with van der Waals surface area (Å²) in [6.07, 6.45) is 4.92. The molecule has 156 valence electrons. The predicted octanol–water partition coefficient (Wildman–Crippen LogP) is 2.72. The van der Waals surface area contributed by atoms with Crippen molar-refractivity contribution >= 4 is 22.8 Å². The molecule has 7 heteroatoms. The molecule has 7 nitrogen and oxygen atoms in total. The minimum atomic E-state index is -0.213. The zero-order valence-electron chi connectivity index (χ0n) is 17.3. The molecule has 4 rings (SSSR count). The monoisotopic (exact) mass is 405 g/mol. The normalized spacial score (nSPS) is 13.7. The highest BCUT2D eigenvalue weighted by atomic mass is 16.2. The van der Waals surface area contributed by atoms with Crippen LogP contribution in [0, 0.1) is 6.92 Å². The highest BCUT2D eigenvalue weighted by Crippen LogP contribution is 2.18. The van der Waals surface area contributed by atoms with Gasteiger partial charge in [-0.05, 0) is 37.8 Å². The zero-order valence-corrected chi connectivity index (χ0v) is 17.3. The number of nitrogens with one attached hydrogen (secondary N) is 1. The summed E-state index contributed by atoms with van der Waals surface area (Å²) in [6.45, 7) is 4.66. The van der Waals surface area contributed by atoms with Crippen LogP contribution in [-0.2, 0) is 17.8 Å². The lowest BCUT2D eigenvalue weighted by Gasteiger charge is -2.15. The van der Waals surface area contributed by atoms with E-state index in [4.69, 9.17) is 0 Å². The predicted molar refractivity (Wildman–Crippen MR) is 115 cm³/mol. The van der Waals surface area contributed by atoms with Gasteiger partial charge in [0.1, 0.15) is 0 Å². The first kappa shape index (κ1) is 20.1. The van der Waals surface area contributed by atoms with E-state index in [-0.39, 0.29) is 11.8 Å². The number of hydrogen-bond donors (Lipinski definition) is 1. The SMILES string of the molecule is Cc1nn(CCc2ccccc2)c2ncc(C(=O)NCCC(=O)N3CCCC3)cc12. The average Bonchev–Trinajstić information content (AvgIpc) is 3.41. The van der Waals surface area contributed by atoms with Crippen LogP contribution in [-0.4, -0.2) is 51.1 Å². The molecule has 1 fully saturated rings. The molecule has 2 aromatic heterocycles. The Morgan fingerprint density at radius 2 is 1.90 bits per heavy atom. The first-order chi connectivity index (χ1) is 14.6. The number of likely N-dealkylation sites (tertiary alicyclic amines) is 1. The van der Waals surface area contributed by atoms with Crippen LogP contribution in [0.5, 0.6) is 0 Å². The maximum Gasteiger partial charge on any atom is 0.252 e. The van der Waals surface area contributed by atoms with Crippen LogP contribution in [0.3, 0.4) is 0 Å². The van der Waals surface area contributed by atoms with Gasteiger partial charge in [0.2, 0.25) is 5.91 Å². The van der Waals surface area contributed by atoms with Crippen molar-refractivity contribution in [2.24, 2.45) is 0 Å². The molecule has 30 heavy (non-hydrogen) atoms. The second-order valence-electron chi connectivity index (χ2n) is 7.73. The molecule has 1 aliphatic heterocycles. The quantitative estimate of drug-likeness (QED) is 0.655. The standard InChI is InChI=1S/C23H27N5O2/c1-17-20-15-19(23(30)24-11-9-21(29)27-12-5-6-13-27)16-25-22(20)28(26-17)14-10-18-7-3-2-4-8-18/h2-4,7-8,15-16H,5-6,9-14H2,1H3,(H,24,30). The molecule has 1 N–H and O–H groups in total. The van der Waals surface area contributed by atoms with Gasteiger partial charge >= 0.3 is 0 Å². The number of pyridine rings is 1. The molecule has 2 amide bonds. The fraction of sp³-hybridized carbons (Fsp3) is 0.391. The Labute approximate surface area is 176 Å². The highest BCUT2D eigenvalue weighted by Gasteiger charge is 2.18. The Morgan fingerprint density at radius 3 is 2.67 bits per heavy atom. The lowest BCUT2D eigenvalue weighted by atomic mass is 10.1. The third-order valence-corrected chi connectivity index (χ3v) is 5.57. The van der Waals surface area contributed by atoms with Crippen molar-refractivity contribution in [1.29, 1.82) is 0 Å². The van der Waals surface area contributed by atoms with Crippen molar-refractivity contribution in [3.05, 3.63) is 59.4 Å². The van der Waals surface area contributed by atoms with E-state index in [1.165, 1.54) is 5.56 Å². The largest absolute Gasteiger partial charge is 0.351 e. The lowest BCUT2D eigenvalue weighted by Crippen LogP contribution is -2.32. The van der Waals surface area contributed by atoms with Crippen molar-refractivity contribution < 1.29 is 9.59 Å². The number of carbonyl (C=O) groups is 2. The van der Waals surface area contributed by atoms with E-state index in [1.807, 2.05) is 40.8 Å². The van der Waals surface area contributed by atoms with Gasteiger partial charge in [0, 0.05) is 44.2 Å². The number of nitrogens with zero attached hydrogens (tertiary/aromatic N) is 4. The molecule has 0 atom stereocenters. The number of hydrogen-bond acceptors (Lipinski definition) is 4. The molecule has 1 aliphatic rings. The van der Waals surface area contributed by atoms with E-state index in [2.05, 4.69) is 27.5 Å². The third-order valence-electron chi connectivity index (χ3n) is 5.57. The van der Waals surface area contributed by atoms with E-state index in [0.29, 0.717) is 18.5 Å². The molecule has 0 radical (unpaired) electrons. The van der Waals surface area contributed by atoms with E-state index in [0.717, 1.165) is 55.6 Å². The van der Waals surface area contributed by atoms with Gasteiger partial charge in [0.25, 0.3) is 5.91 Å². The van der Waals surface area contributed by atoms with Gasteiger partial charge in [-0.25, -0.2) is 9.67 Å². The van der Waals surface area contributed by atoms with Gasteiger partial charge in [0.05, 0.1) is 11.3 Å². The number of amides is 2. The van der Waals surface area contributed by atoms with Crippen LogP contribution in [0.1, 0.15) is 40.9 Å². The molecule has 1 saturated heterocycles. The molecule has 0 spiro atoms. The Balaban J connectivity index is 1.38. The number of rotatable bonds is 7. The number of aryl methyl sites for hydroxylation is 3. The van der Waals surface area contributed by atoms with E-state index >= 15 is 0 Å². The molecule has 0 aliphatic carbocycles. The molecular formula is C23H27N5O2. The van der Waals surface area contributed by atoms with Crippen LogP contribution in [0.15, 0.2) is 42.6 Å². The molecule has 1 aromatic carbocycles. The summed E-state index contributed by atoms with van der Waals surface area (Å²) in [5, 5.41) is 8.32. The van der Waals surface area contributed by atoms with Gasteiger partial charge in [0.15, 0.2) is 5.65 Å². The molecule has 3 heterocycles. The number of carbonyl (C=O) groups excluding carboxylic acids is 2. The molecular weight excluding hydrogens is 378 g/mol. The van der Waals surface area contributed by atoms with Crippen molar-refractivity contribution in [3.63, 3.8) is 0 Å². The van der Waals surface area contributed by atoms with Gasteiger partial charge in [-0.2, -0.15) is 5.10 Å². The van der Waals surface area contributed by atoms with Gasteiger partial charge < -0.3 is 10.2 Å². The summed E-state index contributed by atoms with van der Waals surface area (Å²) < 4.78 is 1.90. The second-order valence-corrected chi connectivity index (χ2v) is 7.73. The van der Waals surface area contributed by atoms with E-state index < -0.39 is 0 Å². The Kier molecular flexibility index (Phi) is 6.07. The fourth-order valence-electron chi connectivity index (χ4n) is 3.88. The fourth-order valence-corrected chi connectivity index (χ4v) is 3.88. The first-order valence-electron chi connectivity index (χ1n) is 10.5. The maximum atomic E-state index is 12.5. The molecule has 0 saturated carbocycles. The first-order valence-corrected chi connectivity index (χ1v) is 10.5. The van der Waals surface area contributed by atoms with Gasteiger partial charge in [-0.3, -0.25) is 9.59 Å². The van der Waals surface area contributed by atoms with Crippen LogP contribution in [0.2, 0.25) is 0 Å². The minimum Gasteiger partial charge on any atom is -0.351 e. The summed E-state index contributed by atoms with van der Waals surface area (Å²) in [6, 6.07) is 12.1. The van der Waals surface area contributed by atoms with Gasteiger partial charge in [-0.1, -0.05) is 30.3 Å². The van der Waals surface area contributed by atoms with Crippen molar-refractivity contribution in [2.75, 3.05) is 19.6 Å². The summed E-state index contributed by atoms with van der Waals surface area (Å²) in [5.74, 6) is -0.105. The zero-order chi connectivity index (χ0) is 20.9. The Hall–Kier alpha value is -3.22. The molecule has 0 bridgehead atoms. The Bertz CT molecular complexity index is 1040. The van der Waals surface area contributed by atoms with Crippen LogP contribution >= 0.6 is 0 Å². The highest BCUT2D eigenvalue weighted by molar-refractivity contribution is 5.97. The second kappa shape index (κ2) is 9.07. The average molecular weight is 406 g/mol. The minimum absolute atomic E-state index is 0.108. The van der Waals surface area contributed by atoms with Crippen molar-refractivity contribution in [1.82, 2.24) is 25.0 Å². The van der Waals surface area contributed by atoms with Crippen molar-refractivity contribution in [3.8, 4) is 0 Å². The van der Waals surface area contributed by atoms with Crippen LogP contribution < -0.4 is 5.32 Å². The summed E-state index contributed by atoms with van der Waals surface area (Å²) in [7, 11) is 0. The smallest absolute Gasteiger partial charge is 0.252 e. The van der Waals surface area contributed by atoms with Crippen LogP contribution in [0.4, 0.5) is 0 Å². The van der Waals surface area contributed by atoms with Crippen molar-refractivity contribution in [2.45, 2.75) is 39.2 Å². The van der Waals surface area contributed by atoms with E-state index in [1.54, 1.807) is 6.20 Å². The Morgan fingerprint density at radius 1 is 1.13 bits per heavy atom. The number of aromatic nitrogens is 3. The third kappa shape index (κ3) is 4.50. The maximum absolute atomic E-state index is 12.5. The summed E-state index contributed by atoms with van der Waals surface area (Å²) in [5.41, 5.74) is 3.37. The molecule has 0 unspecified atom stereocenters. The van der Waals surface area contributed by atoms with E-state index in [9.17, 15) is 9.59 Å². The lowest BCUT2D eigenvalue weighted by molar-refractivity contribution is -0.129. The molecule has 3 aromatic rings. The van der Waals surface area contributed by atoms with Gasteiger partial charge in [-0.15, -0.1) is 0 Å². The topological polar surface area (TPSA) is 80.1 Å².